The molecule has 3 atom stereocenters. The van der Waals surface area contributed by atoms with Gasteiger partial charge in [-0.15, -0.1) is 0 Å². The molecule has 0 spiro atoms. The molecule has 3 aliphatic rings. The highest BCUT2D eigenvalue weighted by Gasteiger charge is 2.41. The molecule has 0 aromatic rings. The van der Waals surface area contributed by atoms with E-state index in [1.165, 1.54) is 0 Å². The minimum atomic E-state index is -0.187. The number of ether oxygens (including phenoxy) is 1. The third-order valence-corrected chi connectivity index (χ3v) is 4.73. The summed E-state index contributed by atoms with van der Waals surface area (Å²) < 4.78 is 5.54. The van der Waals surface area contributed by atoms with Gasteiger partial charge in [-0.1, -0.05) is 0 Å². The topological polar surface area (TPSA) is 49.9 Å². The zero-order valence-corrected chi connectivity index (χ0v) is 11.5. The molecule has 0 saturated carbocycles. The maximum atomic E-state index is 12.5. The van der Waals surface area contributed by atoms with Crippen LogP contribution in [0.4, 0.5) is 0 Å². The molecule has 3 saturated heterocycles. The van der Waals surface area contributed by atoms with E-state index in [1.807, 2.05) is 0 Å². The van der Waals surface area contributed by atoms with Crippen molar-refractivity contribution in [2.45, 2.75) is 44.8 Å². The Balaban J connectivity index is 1.69. The largest absolute Gasteiger partial charge is 0.378 e. The number of nitrogens with zero attached hydrogens (tertiary/aromatic N) is 2. The van der Waals surface area contributed by atoms with E-state index in [-0.39, 0.29) is 30.5 Å². The monoisotopic (exact) mass is 266 g/mol. The summed E-state index contributed by atoms with van der Waals surface area (Å²) in [7, 11) is 0. The Bertz CT molecular complexity index is 385. The Morgan fingerprint density at radius 2 is 2.11 bits per heavy atom. The maximum absolute atomic E-state index is 12.5. The third-order valence-electron chi connectivity index (χ3n) is 4.73. The molecule has 106 valence electrons. The van der Waals surface area contributed by atoms with Gasteiger partial charge in [-0.05, 0) is 32.6 Å². The summed E-state index contributed by atoms with van der Waals surface area (Å²) in [5.74, 6) is 0.654. The highest BCUT2D eigenvalue weighted by atomic mass is 16.5. The molecule has 3 heterocycles. The Labute approximate surface area is 113 Å². The third kappa shape index (κ3) is 2.36. The van der Waals surface area contributed by atoms with E-state index < -0.39 is 0 Å². The van der Waals surface area contributed by atoms with E-state index in [1.54, 1.807) is 9.80 Å². The Morgan fingerprint density at radius 3 is 2.84 bits per heavy atom. The van der Waals surface area contributed by atoms with Crippen molar-refractivity contribution in [2.24, 2.45) is 5.92 Å². The highest BCUT2D eigenvalue weighted by molar-refractivity contribution is 5.95. The molecule has 0 aromatic carbocycles. The van der Waals surface area contributed by atoms with Gasteiger partial charge in [0.05, 0.1) is 12.6 Å². The number of piperazine rings is 1. The first-order valence-corrected chi connectivity index (χ1v) is 7.36. The summed E-state index contributed by atoms with van der Waals surface area (Å²) >= 11 is 0. The van der Waals surface area contributed by atoms with Gasteiger partial charge < -0.3 is 14.5 Å². The number of hydrogen-bond acceptors (Lipinski definition) is 3. The van der Waals surface area contributed by atoms with Crippen molar-refractivity contribution in [3.05, 3.63) is 0 Å². The van der Waals surface area contributed by atoms with Crippen LogP contribution in [0.15, 0.2) is 0 Å². The first-order chi connectivity index (χ1) is 9.16. The molecule has 0 radical (unpaired) electrons. The average molecular weight is 266 g/mol. The van der Waals surface area contributed by atoms with Gasteiger partial charge in [-0.25, -0.2) is 0 Å². The van der Waals surface area contributed by atoms with Crippen LogP contribution in [0.5, 0.6) is 0 Å². The minimum absolute atomic E-state index is 0.121. The molecule has 5 heteroatoms. The summed E-state index contributed by atoms with van der Waals surface area (Å²) in [6.07, 6.45) is 4.11. The smallest absolute Gasteiger partial charge is 0.245 e. The van der Waals surface area contributed by atoms with Crippen LogP contribution in [0.1, 0.15) is 32.6 Å². The van der Waals surface area contributed by atoms with Crippen LogP contribution in [0.25, 0.3) is 0 Å². The fourth-order valence-electron chi connectivity index (χ4n) is 3.48. The van der Waals surface area contributed by atoms with Crippen molar-refractivity contribution < 1.29 is 14.3 Å². The van der Waals surface area contributed by atoms with Gasteiger partial charge in [0.15, 0.2) is 0 Å². The number of hydrogen-bond donors (Lipinski definition) is 0. The zero-order valence-electron chi connectivity index (χ0n) is 11.5. The number of rotatable bonds is 2. The standard InChI is InChI=1S/C14H22N2O3/c1-10-11(5-7-19-10)8-15-9-13(17)16-6-3-2-4-12(16)14(15)18/h10-12H,2-9H2,1H3. The molecule has 19 heavy (non-hydrogen) atoms. The van der Waals surface area contributed by atoms with E-state index in [4.69, 9.17) is 4.74 Å². The summed E-state index contributed by atoms with van der Waals surface area (Å²) in [6, 6.07) is -0.187. The fourth-order valence-corrected chi connectivity index (χ4v) is 3.48. The molecule has 5 nitrogen and oxygen atoms in total. The molecule has 3 fully saturated rings. The lowest BCUT2D eigenvalue weighted by Gasteiger charge is -2.43. The predicted octanol–water partition coefficient (Wildman–Crippen LogP) is 0.635. The zero-order chi connectivity index (χ0) is 13.4. The first-order valence-electron chi connectivity index (χ1n) is 7.36. The van der Waals surface area contributed by atoms with E-state index >= 15 is 0 Å². The van der Waals surface area contributed by atoms with Gasteiger partial charge in [0.1, 0.15) is 6.04 Å². The summed E-state index contributed by atoms with van der Waals surface area (Å²) in [4.78, 5) is 28.2. The summed E-state index contributed by atoms with van der Waals surface area (Å²) in [6.45, 7) is 4.53. The summed E-state index contributed by atoms with van der Waals surface area (Å²) in [5.41, 5.74) is 0. The minimum Gasteiger partial charge on any atom is -0.378 e. The van der Waals surface area contributed by atoms with E-state index in [0.29, 0.717) is 12.5 Å². The molecule has 2 amide bonds. The van der Waals surface area contributed by atoms with Gasteiger partial charge in [-0.3, -0.25) is 9.59 Å². The van der Waals surface area contributed by atoms with Crippen molar-refractivity contribution >= 4 is 11.8 Å². The second-order valence-electron chi connectivity index (χ2n) is 5.94. The molecule has 3 rings (SSSR count). The Morgan fingerprint density at radius 1 is 1.26 bits per heavy atom. The van der Waals surface area contributed by atoms with Crippen LogP contribution >= 0.6 is 0 Å². The van der Waals surface area contributed by atoms with Crippen LogP contribution in [0, 0.1) is 5.92 Å². The highest BCUT2D eigenvalue weighted by Crippen LogP contribution is 2.26. The van der Waals surface area contributed by atoms with E-state index in [9.17, 15) is 9.59 Å². The van der Waals surface area contributed by atoms with Crippen LogP contribution in [0.3, 0.4) is 0 Å². The van der Waals surface area contributed by atoms with Crippen molar-refractivity contribution in [3.8, 4) is 0 Å². The van der Waals surface area contributed by atoms with Crippen molar-refractivity contribution in [3.63, 3.8) is 0 Å². The first kappa shape index (κ1) is 12.9. The molecular formula is C14H22N2O3. The molecule has 0 N–H and O–H groups in total. The second-order valence-corrected chi connectivity index (χ2v) is 5.94. The number of fused-ring (bicyclic) bond motifs is 1. The van der Waals surface area contributed by atoms with Gasteiger partial charge in [0.2, 0.25) is 11.8 Å². The number of carbonyl (C=O) groups excluding carboxylic acids is 2. The summed E-state index contributed by atoms with van der Waals surface area (Å²) in [5, 5.41) is 0. The molecule has 3 aliphatic heterocycles. The van der Waals surface area contributed by atoms with Crippen molar-refractivity contribution in [2.75, 3.05) is 26.2 Å². The molecule has 0 bridgehead atoms. The van der Waals surface area contributed by atoms with Crippen LogP contribution in [-0.2, 0) is 14.3 Å². The fraction of sp³-hybridized carbons (Fsp3) is 0.857. The number of piperidine rings is 1. The van der Waals surface area contributed by atoms with Crippen molar-refractivity contribution in [1.82, 2.24) is 9.80 Å². The van der Waals surface area contributed by atoms with Gasteiger partial charge in [0, 0.05) is 25.6 Å². The lowest BCUT2D eigenvalue weighted by molar-refractivity contribution is -0.158. The quantitative estimate of drug-likeness (QED) is 0.737. The van der Waals surface area contributed by atoms with E-state index in [2.05, 4.69) is 6.92 Å². The Hall–Kier alpha value is -1.10. The number of amides is 2. The molecule has 0 aliphatic carbocycles. The van der Waals surface area contributed by atoms with Crippen LogP contribution < -0.4 is 0 Å². The molecule has 3 unspecified atom stereocenters. The number of carbonyl (C=O) groups is 2. The second kappa shape index (κ2) is 5.12. The van der Waals surface area contributed by atoms with E-state index in [0.717, 1.165) is 38.8 Å². The van der Waals surface area contributed by atoms with Gasteiger partial charge in [0.25, 0.3) is 0 Å². The van der Waals surface area contributed by atoms with Gasteiger partial charge in [-0.2, -0.15) is 0 Å². The lowest BCUT2D eigenvalue weighted by atomic mass is 9.96. The Kier molecular flexibility index (Phi) is 3.48. The maximum Gasteiger partial charge on any atom is 0.245 e. The SMILES string of the molecule is CC1OCCC1CN1CC(=O)N2CCCCC2C1=O. The predicted molar refractivity (Wildman–Crippen MR) is 69.5 cm³/mol. The van der Waals surface area contributed by atoms with Crippen LogP contribution in [0.2, 0.25) is 0 Å². The van der Waals surface area contributed by atoms with Crippen molar-refractivity contribution in [1.29, 1.82) is 0 Å². The van der Waals surface area contributed by atoms with Gasteiger partial charge >= 0.3 is 0 Å². The van der Waals surface area contributed by atoms with Crippen LogP contribution in [-0.4, -0.2) is 60.0 Å². The molecule has 0 aromatic heterocycles. The molecular weight excluding hydrogens is 244 g/mol. The average Bonchev–Trinajstić information content (AvgIpc) is 2.81. The lowest BCUT2D eigenvalue weighted by Crippen LogP contribution is -2.62. The normalized spacial score (nSPS) is 35.7.